The zero-order chi connectivity index (χ0) is 16.9. The number of piperidine rings is 1. The third kappa shape index (κ3) is 5.14. The zero-order valence-corrected chi connectivity index (χ0v) is 16.2. The number of hydrogen-bond acceptors (Lipinski definition) is 6. The third-order valence-corrected chi connectivity index (χ3v) is 6.59. The van der Waals surface area contributed by atoms with E-state index in [1.54, 1.807) is 7.11 Å². The van der Waals surface area contributed by atoms with Gasteiger partial charge in [-0.3, -0.25) is 4.79 Å². The largest absolute Gasteiger partial charge is 0.384 e. The maximum atomic E-state index is 12.3. The van der Waals surface area contributed by atoms with Crippen molar-refractivity contribution in [3.63, 3.8) is 0 Å². The molecule has 3 N–H and O–H groups in total. The van der Waals surface area contributed by atoms with Crippen molar-refractivity contribution < 1.29 is 17.9 Å². The van der Waals surface area contributed by atoms with Crippen LogP contribution in [0.2, 0.25) is 0 Å². The molecule has 0 radical (unpaired) electrons. The molecule has 0 spiro atoms. The summed E-state index contributed by atoms with van der Waals surface area (Å²) in [6.07, 6.45) is 1.87. The van der Waals surface area contributed by atoms with Gasteiger partial charge in [-0.1, -0.05) is 0 Å². The smallest absolute Gasteiger partial charge is 0.261 e. The quantitative estimate of drug-likeness (QED) is 0.633. The number of carbonyl (C=O) groups is 1. The maximum Gasteiger partial charge on any atom is 0.261 e. The minimum absolute atomic E-state index is 0. The average Bonchev–Trinajstić information content (AvgIpc) is 3.05. The van der Waals surface area contributed by atoms with Gasteiger partial charge < -0.3 is 15.4 Å². The Hall–Kier alpha value is -0.710. The lowest BCUT2D eigenvalue weighted by Crippen LogP contribution is -2.47. The number of methoxy groups -OCH3 is 1. The molecule has 24 heavy (non-hydrogen) atoms. The Morgan fingerprint density at radius 1 is 1.42 bits per heavy atom. The van der Waals surface area contributed by atoms with E-state index in [9.17, 15) is 13.2 Å². The Kier molecular flexibility index (Phi) is 8.10. The lowest BCUT2D eigenvalue weighted by molar-refractivity contribution is 0.0512. The normalized spacial score (nSPS) is 17.1. The number of amides is 1. The van der Waals surface area contributed by atoms with Gasteiger partial charge in [0.1, 0.15) is 0 Å². The molecule has 1 aliphatic heterocycles. The van der Waals surface area contributed by atoms with E-state index in [0.717, 1.165) is 37.3 Å². The predicted octanol–water partition coefficient (Wildman–Crippen LogP) is 0.824. The Labute approximate surface area is 153 Å². The Bertz CT molecular complexity index is 637. The molecule has 0 aromatic carbocycles. The number of nitrogens with one attached hydrogen (secondary N) is 3. The molecule has 138 valence electrons. The van der Waals surface area contributed by atoms with Crippen LogP contribution >= 0.6 is 23.7 Å². The van der Waals surface area contributed by atoms with E-state index >= 15 is 0 Å². The van der Waals surface area contributed by atoms with Gasteiger partial charge in [0.15, 0.2) is 0 Å². The SMILES string of the molecule is CNS(=O)(=O)c1csc(C(=O)NCC2(COC)CCNCC2)c1.Cl. The van der Waals surface area contributed by atoms with Crippen LogP contribution in [0.1, 0.15) is 22.5 Å². The molecule has 1 aliphatic rings. The Morgan fingerprint density at radius 3 is 2.67 bits per heavy atom. The average molecular weight is 398 g/mol. The summed E-state index contributed by atoms with van der Waals surface area (Å²) in [6, 6.07) is 1.40. The van der Waals surface area contributed by atoms with Crippen molar-refractivity contribution in [2.45, 2.75) is 17.7 Å². The summed E-state index contributed by atoms with van der Waals surface area (Å²) in [6.45, 7) is 2.93. The van der Waals surface area contributed by atoms with Crippen molar-refractivity contribution in [1.29, 1.82) is 0 Å². The van der Waals surface area contributed by atoms with Gasteiger partial charge in [0.25, 0.3) is 5.91 Å². The fourth-order valence-corrected chi connectivity index (χ4v) is 4.61. The number of sulfonamides is 1. The summed E-state index contributed by atoms with van der Waals surface area (Å²) in [7, 11) is -0.503. The molecule has 2 heterocycles. The number of carbonyl (C=O) groups excluding carboxylic acids is 1. The van der Waals surface area contributed by atoms with Crippen LogP contribution in [0.25, 0.3) is 0 Å². The van der Waals surface area contributed by atoms with Gasteiger partial charge >= 0.3 is 0 Å². The van der Waals surface area contributed by atoms with E-state index in [2.05, 4.69) is 15.4 Å². The molecule has 1 saturated heterocycles. The third-order valence-electron chi connectivity index (χ3n) is 4.12. The molecule has 0 atom stereocenters. The van der Waals surface area contributed by atoms with Crippen LogP contribution in [-0.4, -0.2) is 54.7 Å². The van der Waals surface area contributed by atoms with Crippen molar-refractivity contribution in [3.8, 4) is 0 Å². The fourth-order valence-electron chi connectivity index (χ4n) is 2.69. The van der Waals surface area contributed by atoms with E-state index in [0.29, 0.717) is 18.0 Å². The van der Waals surface area contributed by atoms with Crippen LogP contribution in [0, 0.1) is 5.41 Å². The van der Waals surface area contributed by atoms with Crippen molar-refractivity contribution in [2.75, 3.05) is 40.4 Å². The lowest BCUT2D eigenvalue weighted by atomic mass is 9.79. The number of thiophene rings is 1. The van der Waals surface area contributed by atoms with E-state index in [-0.39, 0.29) is 28.6 Å². The lowest BCUT2D eigenvalue weighted by Gasteiger charge is -2.37. The fraction of sp³-hybridized carbons (Fsp3) is 0.643. The van der Waals surface area contributed by atoms with Crippen molar-refractivity contribution in [1.82, 2.24) is 15.4 Å². The van der Waals surface area contributed by atoms with Crippen LogP contribution < -0.4 is 15.4 Å². The highest BCUT2D eigenvalue weighted by atomic mass is 35.5. The first-order valence-electron chi connectivity index (χ1n) is 7.42. The first kappa shape index (κ1) is 21.3. The van der Waals surface area contributed by atoms with E-state index < -0.39 is 10.0 Å². The molecular formula is C14H24ClN3O4S2. The summed E-state index contributed by atoms with van der Waals surface area (Å²) >= 11 is 1.12. The summed E-state index contributed by atoms with van der Waals surface area (Å²) in [5, 5.41) is 7.70. The first-order valence-corrected chi connectivity index (χ1v) is 9.79. The van der Waals surface area contributed by atoms with Gasteiger partial charge in [-0.15, -0.1) is 23.7 Å². The molecule has 0 bridgehead atoms. The van der Waals surface area contributed by atoms with Crippen LogP contribution in [0.5, 0.6) is 0 Å². The van der Waals surface area contributed by atoms with Crippen molar-refractivity contribution in [2.24, 2.45) is 5.41 Å². The van der Waals surface area contributed by atoms with E-state index in [4.69, 9.17) is 4.74 Å². The van der Waals surface area contributed by atoms with Crippen LogP contribution in [0.4, 0.5) is 0 Å². The highest BCUT2D eigenvalue weighted by molar-refractivity contribution is 7.89. The predicted molar refractivity (Wildman–Crippen MR) is 96.6 cm³/mol. The van der Waals surface area contributed by atoms with Gasteiger partial charge in [-0.2, -0.15) is 0 Å². The molecule has 0 saturated carbocycles. The maximum absolute atomic E-state index is 12.3. The summed E-state index contributed by atoms with van der Waals surface area (Å²) in [5.74, 6) is -0.249. The minimum atomic E-state index is -3.51. The Balaban J connectivity index is 0.00000288. The van der Waals surface area contributed by atoms with Gasteiger partial charge in [-0.25, -0.2) is 13.1 Å². The molecule has 10 heteroatoms. The van der Waals surface area contributed by atoms with Crippen LogP contribution in [0.3, 0.4) is 0 Å². The number of hydrogen-bond donors (Lipinski definition) is 3. The molecule has 0 unspecified atom stereocenters. The Morgan fingerprint density at radius 2 is 2.08 bits per heavy atom. The van der Waals surface area contributed by atoms with Crippen molar-refractivity contribution >= 4 is 39.7 Å². The minimum Gasteiger partial charge on any atom is -0.384 e. The molecular weight excluding hydrogens is 374 g/mol. The van der Waals surface area contributed by atoms with Crippen LogP contribution in [-0.2, 0) is 14.8 Å². The van der Waals surface area contributed by atoms with Crippen molar-refractivity contribution in [3.05, 3.63) is 16.3 Å². The topological polar surface area (TPSA) is 96.5 Å². The molecule has 1 amide bonds. The summed E-state index contributed by atoms with van der Waals surface area (Å²) < 4.78 is 31.0. The molecule has 2 rings (SSSR count). The number of halogens is 1. The zero-order valence-electron chi connectivity index (χ0n) is 13.8. The van der Waals surface area contributed by atoms with Gasteiger partial charge in [-0.05, 0) is 39.0 Å². The molecule has 0 aliphatic carbocycles. The second kappa shape index (κ2) is 9.12. The molecule has 1 aromatic rings. The highest BCUT2D eigenvalue weighted by Crippen LogP contribution is 2.28. The highest BCUT2D eigenvalue weighted by Gasteiger charge is 2.32. The van der Waals surface area contributed by atoms with Crippen LogP contribution in [0.15, 0.2) is 16.3 Å². The van der Waals surface area contributed by atoms with E-state index in [1.165, 1.54) is 18.5 Å². The monoisotopic (exact) mass is 397 g/mol. The number of rotatable bonds is 7. The second-order valence-corrected chi connectivity index (χ2v) is 8.52. The standard InChI is InChI=1S/C14H23N3O4S2.ClH/c1-15-23(19,20)11-7-12(22-8-11)13(18)17-9-14(10-21-2)3-5-16-6-4-14;/h7-8,15-16H,3-6,9-10H2,1-2H3,(H,17,18);1H. The molecule has 7 nitrogen and oxygen atoms in total. The van der Waals surface area contributed by atoms with Gasteiger partial charge in [0, 0.05) is 24.4 Å². The molecule has 1 fully saturated rings. The first-order chi connectivity index (χ1) is 10.9. The van der Waals surface area contributed by atoms with Gasteiger partial charge in [0.05, 0.1) is 16.4 Å². The van der Waals surface area contributed by atoms with E-state index in [1.807, 2.05) is 0 Å². The summed E-state index contributed by atoms with van der Waals surface area (Å²) in [5.41, 5.74) is -0.0627. The molecule has 1 aromatic heterocycles. The van der Waals surface area contributed by atoms with Gasteiger partial charge in [0.2, 0.25) is 10.0 Å². The second-order valence-electron chi connectivity index (χ2n) is 5.72. The number of ether oxygens (including phenoxy) is 1. The summed E-state index contributed by atoms with van der Waals surface area (Å²) in [4.78, 5) is 12.8.